The highest BCUT2D eigenvalue weighted by atomic mass is 32.1. The van der Waals surface area contributed by atoms with Gasteiger partial charge in [0.05, 0.1) is 27.7 Å². The minimum absolute atomic E-state index is 0.168. The molecule has 3 aromatic heterocycles. The van der Waals surface area contributed by atoms with E-state index in [1.807, 2.05) is 54.6 Å². The van der Waals surface area contributed by atoms with Crippen molar-refractivity contribution in [2.24, 2.45) is 0 Å². The van der Waals surface area contributed by atoms with Gasteiger partial charge >= 0.3 is 0 Å². The van der Waals surface area contributed by atoms with Crippen LogP contribution in [0.3, 0.4) is 0 Å². The molecule has 0 aliphatic carbocycles. The van der Waals surface area contributed by atoms with E-state index in [1.165, 1.54) is 22.7 Å². The number of carbonyl (C=O) groups is 1. The number of rotatable bonds is 3. The molecule has 5 nitrogen and oxygen atoms in total. The highest BCUT2D eigenvalue weighted by molar-refractivity contribution is 7.22. The highest BCUT2D eigenvalue weighted by Crippen LogP contribution is 2.30. The van der Waals surface area contributed by atoms with Gasteiger partial charge in [-0.05, 0) is 36.4 Å². The van der Waals surface area contributed by atoms with Crippen molar-refractivity contribution in [3.63, 3.8) is 0 Å². The van der Waals surface area contributed by atoms with Crippen LogP contribution in [-0.4, -0.2) is 23.0 Å². The Morgan fingerprint density at radius 3 is 2.70 bits per heavy atom. The molecule has 27 heavy (non-hydrogen) atoms. The highest BCUT2D eigenvalue weighted by Gasteiger charge is 2.14. The van der Waals surface area contributed by atoms with Crippen LogP contribution in [0.25, 0.3) is 31.3 Å². The van der Waals surface area contributed by atoms with Crippen molar-refractivity contribution in [3.8, 4) is 5.75 Å². The van der Waals surface area contributed by atoms with Crippen LogP contribution in [0.2, 0.25) is 0 Å². The van der Waals surface area contributed by atoms with E-state index in [2.05, 4.69) is 15.3 Å². The third-order valence-corrected chi connectivity index (χ3v) is 6.24. The van der Waals surface area contributed by atoms with Crippen LogP contribution in [0.15, 0.2) is 54.6 Å². The molecule has 0 saturated heterocycles. The Morgan fingerprint density at radius 2 is 1.85 bits per heavy atom. The van der Waals surface area contributed by atoms with Crippen molar-refractivity contribution in [1.29, 1.82) is 0 Å². The lowest BCUT2D eigenvalue weighted by Crippen LogP contribution is -2.09. The number of methoxy groups -OCH3 is 1. The number of amides is 1. The maximum Gasteiger partial charge on any atom is 0.267 e. The summed E-state index contributed by atoms with van der Waals surface area (Å²) < 4.78 is 6.31. The first-order valence-electron chi connectivity index (χ1n) is 8.25. The second kappa shape index (κ2) is 6.29. The first-order chi connectivity index (χ1) is 13.2. The number of fused-ring (bicyclic) bond motifs is 3. The minimum Gasteiger partial charge on any atom is -0.497 e. The summed E-state index contributed by atoms with van der Waals surface area (Å²) in [7, 11) is 1.63. The third-order valence-electron chi connectivity index (χ3n) is 4.25. The molecule has 5 rings (SSSR count). The van der Waals surface area contributed by atoms with Crippen molar-refractivity contribution >= 4 is 65.0 Å². The van der Waals surface area contributed by atoms with E-state index in [0.29, 0.717) is 10.0 Å². The first-order valence-corrected chi connectivity index (χ1v) is 9.88. The van der Waals surface area contributed by atoms with Gasteiger partial charge in [-0.2, -0.15) is 0 Å². The van der Waals surface area contributed by atoms with E-state index in [9.17, 15) is 4.79 Å². The van der Waals surface area contributed by atoms with Crippen LogP contribution in [0.1, 0.15) is 9.67 Å². The molecule has 0 fully saturated rings. The van der Waals surface area contributed by atoms with Gasteiger partial charge in [0.25, 0.3) is 5.91 Å². The Kier molecular flexibility index (Phi) is 3.77. The van der Waals surface area contributed by atoms with Gasteiger partial charge in [0, 0.05) is 16.8 Å². The number of thiazole rings is 1. The van der Waals surface area contributed by atoms with Crippen LogP contribution in [-0.2, 0) is 0 Å². The molecular formula is C20H13N3O2S2. The molecule has 0 unspecified atom stereocenters. The summed E-state index contributed by atoms with van der Waals surface area (Å²) in [6, 6.07) is 17.5. The molecule has 132 valence electrons. The fourth-order valence-corrected chi connectivity index (χ4v) is 4.71. The smallest absolute Gasteiger partial charge is 0.267 e. The molecule has 5 aromatic rings. The normalized spacial score (nSPS) is 11.3. The molecule has 1 amide bonds. The third kappa shape index (κ3) is 2.90. The maximum atomic E-state index is 12.7. The lowest BCUT2D eigenvalue weighted by Gasteiger charge is -2.01. The Hall–Kier alpha value is -3.03. The standard InChI is InChI=1S/C20H13N3O2S2/c1-25-13-7-6-11-8-12-9-17(26-19(12)21-15(11)10-13)18(24)23-20-22-14-4-2-3-5-16(14)27-20/h2-10H,1H3,(H,22,23,24). The lowest BCUT2D eigenvalue weighted by molar-refractivity contribution is 0.103. The quantitative estimate of drug-likeness (QED) is 0.452. The van der Waals surface area contributed by atoms with Gasteiger partial charge in [-0.15, -0.1) is 11.3 Å². The van der Waals surface area contributed by atoms with E-state index < -0.39 is 0 Å². The molecule has 0 aliphatic heterocycles. The van der Waals surface area contributed by atoms with Crippen molar-refractivity contribution < 1.29 is 9.53 Å². The molecule has 1 N–H and O–H groups in total. The summed E-state index contributed by atoms with van der Waals surface area (Å²) in [5.41, 5.74) is 1.73. The molecule has 7 heteroatoms. The summed E-state index contributed by atoms with van der Waals surface area (Å²) in [4.78, 5) is 23.2. The van der Waals surface area contributed by atoms with Crippen LogP contribution in [0, 0.1) is 0 Å². The number of anilines is 1. The average Bonchev–Trinajstić information content (AvgIpc) is 3.28. The van der Waals surface area contributed by atoms with E-state index in [0.717, 1.165) is 37.1 Å². The number of thiophene rings is 1. The molecule has 0 aliphatic rings. The zero-order chi connectivity index (χ0) is 18.4. The Morgan fingerprint density at radius 1 is 0.963 bits per heavy atom. The summed E-state index contributed by atoms with van der Waals surface area (Å²) in [5, 5.41) is 5.46. The second-order valence-electron chi connectivity index (χ2n) is 5.99. The van der Waals surface area contributed by atoms with Crippen molar-refractivity contribution in [3.05, 3.63) is 59.5 Å². The Bertz CT molecular complexity index is 1290. The van der Waals surface area contributed by atoms with Crippen molar-refractivity contribution in [2.75, 3.05) is 12.4 Å². The van der Waals surface area contributed by atoms with Gasteiger partial charge in [-0.3, -0.25) is 10.1 Å². The van der Waals surface area contributed by atoms with E-state index in [1.54, 1.807) is 7.11 Å². The number of nitrogens with one attached hydrogen (secondary N) is 1. The topological polar surface area (TPSA) is 64.1 Å². The van der Waals surface area contributed by atoms with Gasteiger partial charge in [0.1, 0.15) is 10.6 Å². The number of hydrogen-bond donors (Lipinski definition) is 1. The Labute approximate surface area is 162 Å². The molecule has 0 spiro atoms. The predicted molar refractivity (Wildman–Crippen MR) is 111 cm³/mol. The fourth-order valence-electron chi connectivity index (χ4n) is 2.93. The minimum atomic E-state index is -0.168. The summed E-state index contributed by atoms with van der Waals surface area (Å²) in [6.07, 6.45) is 0. The zero-order valence-corrected chi connectivity index (χ0v) is 15.9. The molecule has 2 aromatic carbocycles. The number of carbonyl (C=O) groups excluding carboxylic acids is 1. The van der Waals surface area contributed by atoms with Gasteiger partial charge < -0.3 is 4.74 Å². The summed E-state index contributed by atoms with van der Waals surface area (Å²) in [5.74, 6) is 0.596. The zero-order valence-electron chi connectivity index (χ0n) is 14.2. The molecule has 0 atom stereocenters. The maximum absolute atomic E-state index is 12.7. The Balaban J connectivity index is 1.49. The molecule has 3 heterocycles. The van der Waals surface area contributed by atoms with E-state index in [-0.39, 0.29) is 5.91 Å². The number of ether oxygens (including phenoxy) is 1. The van der Waals surface area contributed by atoms with Crippen LogP contribution >= 0.6 is 22.7 Å². The van der Waals surface area contributed by atoms with Crippen LogP contribution in [0.5, 0.6) is 5.75 Å². The van der Waals surface area contributed by atoms with Crippen molar-refractivity contribution in [2.45, 2.75) is 0 Å². The van der Waals surface area contributed by atoms with Crippen LogP contribution in [0.4, 0.5) is 5.13 Å². The van der Waals surface area contributed by atoms with E-state index >= 15 is 0 Å². The predicted octanol–water partition coefficient (Wildman–Crippen LogP) is 5.32. The molecule has 0 bridgehead atoms. The fraction of sp³-hybridized carbons (Fsp3) is 0.0500. The average molecular weight is 391 g/mol. The monoisotopic (exact) mass is 391 g/mol. The number of pyridine rings is 1. The first kappa shape index (κ1) is 16.2. The van der Waals surface area contributed by atoms with E-state index in [4.69, 9.17) is 4.74 Å². The SMILES string of the molecule is COc1ccc2cc3cc(C(=O)Nc4nc5ccccc5s4)sc3nc2c1. The van der Waals surface area contributed by atoms with Gasteiger partial charge in [0.2, 0.25) is 0 Å². The number of aromatic nitrogens is 2. The van der Waals surface area contributed by atoms with Crippen molar-refractivity contribution in [1.82, 2.24) is 9.97 Å². The molecular weight excluding hydrogens is 378 g/mol. The van der Waals surface area contributed by atoms with Gasteiger partial charge in [-0.25, -0.2) is 9.97 Å². The summed E-state index contributed by atoms with van der Waals surface area (Å²) in [6.45, 7) is 0. The lowest BCUT2D eigenvalue weighted by atomic mass is 10.2. The summed E-state index contributed by atoms with van der Waals surface area (Å²) >= 11 is 2.84. The van der Waals surface area contributed by atoms with Gasteiger partial charge in [-0.1, -0.05) is 23.5 Å². The number of hydrogen-bond acceptors (Lipinski definition) is 6. The second-order valence-corrected chi connectivity index (χ2v) is 8.05. The van der Waals surface area contributed by atoms with Gasteiger partial charge in [0.15, 0.2) is 5.13 Å². The number of nitrogens with zero attached hydrogens (tertiary/aromatic N) is 2. The number of benzene rings is 2. The van der Waals surface area contributed by atoms with Crippen LogP contribution < -0.4 is 10.1 Å². The molecule has 0 saturated carbocycles. The molecule has 0 radical (unpaired) electrons. The largest absolute Gasteiger partial charge is 0.497 e. The number of para-hydroxylation sites is 1.